The number of carbonyl (C=O) groups excluding carboxylic acids is 1. The second-order valence-corrected chi connectivity index (χ2v) is 7.00. The van der Waals surface area contributed by atoms with E-state index in [-0.39, 0.29) is 12.0 Å². The van der Waals surface area contributed by atoms with Gasteiger partial charge in [0.25, 0.3) is 5.91 Å². The van der Waals surface area contributed by atoms with E-state index in [1.165, 1.54) is 11.1 Å². The van der Waals surface area contributed by atoms with Crippen molar-refractivity contribution >= 4 is 5.91 Å². The first kappa shape index (κ1) is 17.7. The molecule has 0 bridgehead atoms. The minimum Gasteiger partial charge on any atom is -0.370 e. The largest absolute Gasteiger partial charge is 0.370 e. The lowest BCUT2D eigenvalue weighted by Gasteiger charge is -2.34. The minimum absolute atomic E-state index is 0.0487. The van der Waals surface area contributed by atoms with Crippen LogP contribution in [0.2, 0.25) is 0 Å². The normalized spacial score (nSPS) is 20.0. The van der Waals surface area contributed by atoms with Crippen molar-refractivity contribution in [3.05, 3.63) is 102 Å². The first-order chi connectivity index (χ1) is 13.3. The van der Waals surface area contributed by atoms with Crippen molar-refractivity contribution in [1.29, 1.82) is 0 Å². The zero-order chi connectivity index (χ0) is 18.5. The van der Waals surface area contributed by atoms with Gasteiger partial charge in [0.05, 0.1) is 13.2 Å². The third-order valence-electron chi connectivity index (χ3n) is 5.08. The van der Waals surface area contributed by atoms with Gasteiger partial charge in [0.1, 0.15) is 6.10 Å². The molecule has 0 saturated carbocycles. The smallest absolute Gasteiger partial charge is 0.253 e. The summed E-state index contributed by atoms with van der Waals surface area (Å²) in [5, 5.41) is 0. The zero-order valence-corrected chi connectivity index (χ0v) is 15.4. The van der Waals surface area contributed by atoms with Gasteiger partial charge in [-0.15, -0.1) is 0 Å². The number of ether oxygens (including phenoxy) is 1. The van der Waals surface area contributed by atoms with Crippen LogP contribution in [-0.4, -0.2) is 30.5 Å². The summed E-state index contributed by atoms with van der Waals surface area (Å²) in [6.07, 6.45) is 7.91. The number of hydrogen-bond donors (Lipinski definition) is 0. The third kappa shape index (κ3) is 4.37. The van der Waals surface area contributed by atoms with Crippen molar-refractivity contribution in [1.82, 2.24) is 4.90 Å². The molecule has 3 nitrogen and oxygen atoms in total. The lowest BCUT2D eigenvalue weighted by Crippen LogP contribution is -2.42. The molecule has 0 spiro atoms. The van der Waals surface area contributed by atoms with Gasteiger partial charge in [0.2, 0.25) is 0 Å². The number of allylic oxidation sites excluding steroid dienone is 2. The molecule has 3 heteroatoms. The summed E-state index contributed by atoms with van der Waals surface area (Å²) in [6, 6.07) is 20.5. The standard InChI is InChI=1S/C24H24NO2/c26-24(25-14-15-27-23(18-25)21-11-5-2-6-12-21)22-13-7-10-20(17-22)16-19-8-3-1-4-9-19/h1-6,8-13,17,23H,7,14-16,18H2. The predicted molar refractivity (Wildman–Crippen MR) is 107 cm³/mol. The molecule has 1 aliphatic carbocycles. The maximum Gasteiger partial charge on any atom is 0.253 e. The van der Waals surface area contributed by atoms with Gasteiger partial charge in [0.15, 0.2) is 0 Å². The van der Waals surface area contributed by atoms with Gasteiger partial charge in [-0.3, -0.25) is 4.79 Å². The topological polar surface area (TPSA) is 29.5 Å². The fourth-order valence-electron chi connectivity index (χ4n) is 3.64. The molecule has 1 atom stereocenters. The number of nitrogens with zero attached hydrogens (tertiary/aromatic N) is 1. The number of benzene rings is 2. The van der Waals surface area contributed by atoms with E-state index in [2.05, 4.69) is 42.8 Å². The summed E-state index contributed by atoms with van der Waals surface area (Å²) < 4.78 is 5.90. The fraction of sp³-hybridized carbons (Fsp3) is 0.250. The molecule has 137 valence electrons. The summed E-state index contributed by atoms with van der Waals surface area (Å²) in [7, 11) is 0. The van der Waals surface area contributed by atoms with Crippen molar-refractivity contribution < 1.29 is 9.53 Å². The highest BCUT2D eigenvalue weighted by Gasteiger charge is 2.27. The monoisotopic (exact) mass is 358 g/mol. The summed E-state index contributed by atoms with van der Waals surface area (Å²) in [5.41, 5.74) is 4.41. The van der Waals surface area contributed by atoms with Crippen molar-refractivity contribution in [2.75, 3.05) is 19.7 Å². The molecule has 4 rings (SSSR count). The molecule has 1 amide bonds. The highest BCUT2D eigenvalue weighted by Crippen LogP contribution is 2.26. The zero-order valence-electron chi connectivity index (χ0n) is 15.4. The second-order valence-electron chi connectivity index (χ2n) is 7.00. The van der Waals surface area contributed by atoms with Crippen molar-refractivity contribution in [2.45, 2.75) is 18.9 Å². The molecule has 0 N–H and O–H groups in total. The molecule has 1 heterocycles. The van der Waals surface area contributed by atoms with Gasteiger partial charge in [-0.25, -0.2) is 0 Å². The Bertz CT molecular complexity index is 839. The van der Waals surface area contributed by atoms with Crippen LogP contribution in [0.15, 0.2) is 84.0 Å². The predicted octanol–water partition coefficient (Wildman–Crippen LogP) is 4.29. The van der Waals surface area contributed by atoms with Crippen molar-refractivity contribution in [2.24, 2.45) is 0 Å². The molecule has 2 aliphatic rings. The number of morpholine rings is 1. The maximum absolute atomic E-state index is 13.1. The Morgan fingerprint density at radius 2 is 1.78 bits per heavy atom. The fourth-order valence-corrected chi connectivity index (χ4v) is 3.64. The van der Waals surface area contributed by atoms with Crippen LogP contribution in [0.5, 0.6) is 0 Å². The van der Waals surface area contributed by atoms with Crippen molar-refractivity contribution in [3.63, 3.8) is 0 Å². The van der Waals surface area contributed by atoms with E-state index in [0.717, 1.165) is 24.0 Å². The molecule has 27 heavy (non-hydrogen) atoms. The van der Waals surface area contributed by atoms with Gasteiger partial charge >= 0.3 is 0 Å². The number of carbonyl (C=O) groups is 1. The van der Waals surface area contributed by atoms with E-state index in [1.807, 2.05) is 41.3 Å². The first-order valence-corrected chi connectivity index (χ1v) is 9.53. The SMILES string of the molecule is O=C(C1=CC[CH]C(Cc2ccccc2)=C1)N1CCOC(c2ccccc2)C1. The molecule has 1 aliphatic heterocycles. The summed E-state index contributed by atoms with van der Waals surface area (Å²) >= 11 is 0. The van der Waals surface area contributed by atoms with Crippen LogP contribution in [0.3, 0.4) is 0 Å². The van der Waals surface area contributed by atoms with Crippen LogP contribution < -0.4 is 0 Å². The van der Waals surface area contributed by atoms with Crippen LogP contribution >= 0.6 is 0 Å². The molecule has 1 fully saturated rings. The van der Waals surface area contributed by atoms with Crippen LogP contribution in [-0.2, 0) is 16.0 Å². The van der Waals surface area contributed by atoms with Crippen LogP contribution in [0.1, 0.15) is 23.7 Å². The lowest BCUT2D eigenvalue weighted by atomic mass is 9.93. The molecule has 1 unspecified atom stereocenters. The maximum atomic E-state index is 13.1. The molecule has 0 aromatic heterocycles. The Labute approximate surface area is 161 Å². The van der Waals surface area contributed by atoms with E-state index in [0.29, 0.717) is 19.7 Å². The third-order valence-corrected chi connectivity index (χ3v) is 5.08. The second kappa shape index (κ2) is 8.36. The Hall–Kier alpha value is -2.65. The van der Waals surface area contributed by atoms with E-state index in [4.69, 9.17) is 4.74 Å². The van der Waals surface area contributed by atoms with Crippen LogP contribution in [0.4, 0.5) is 0 Å². The van der Waals surface area contributed by atoms with Crippen LogP contribution in [0, 0.1) is 6.42 Å². The average Bonchev–Trinajstić information content (AvgIpc) is 2.75. The van der Waals surface area contributed by atoms with Gasteiger partial charge in [-0.1, -0.05) is 72.3 Å². The molecule has 2 aromatic rings. The number of amides is 1. The molecular formula is C24H24NO2. The summed E-state index contributed by atoms with van der Waals surface area (Å²) in [6.45, 7) is 1.82. The van der Waals surface area contributed by atoms with Gasteiger partial charge in [-0.2, -0.15) is 0 Å². The number of rotatable bonds is 4. The lowest BCUT2D eigenvalue weighted by molar-refractivity contribution is -0.134. The molecule has 2 aromatic carbocycles. The molecule has 1 radical (unpaired) electrons. The highest BCUT2D eigenvalue weighted by molar-refractivity contribution is 5.96. The molecule has 1 saturated heterocycles. The highest BCUT2D eigenvalue weighted by atomic mass is 16.5. The minimum atomic E-state index is -0.0487. The first-order valence-electron chi connectivity index (χ1n) is 9.53. The van der Waals surface area contributed by atoms with E-state index in [1.54, 1.807) is 0 Å². The van der Waals surface area contributed by atoms with Crippen LogP contribution in [0.25, 0.3) is 0 Å². The summed E-state index contributed by atoms with van der Waals surface area (Å²) in [4.78, 5) is 15.0. The van der Waals surface area contributed by atoms with E-state index < -0.39 is 0 Å². The van der Waals surface area contributed by atoms with Gasteiger partial charge < -0.3 is 9.64 Å². The Balaban J connectivity index is 1.44. The quantitative estimate of drug-likeness (QED) is 0.816. The van der Waals surface area contributed by atoms with Crippen molar-refractivity contribution in [3.8, 4) is 0 Å². The molecular weight excluding hydrogens is 334 g/mol. The average molecular weight is 358 g/mol. The van der Waals surface area contributed by atoms with E-state index >= 15 is 0 Å². The Morgan fingerprint density at radius 3 is 2.56 bits per heavy atom. The number of hydrogen-bond acceptors (Lipinski definition) is 2. The Morgan fingerprint density at radius 1 is 1.04 bits per heavy atom. The summed E-state index contributed by atoms with van der Waals surface area (Å²) in [5.74, 6) is 0.109. The van der Waals surface area contributed by atoms with Gasteiger partial charge in [0, 0.05) is 12.1 Å². The Kier molecular flexibility index (Phi) is 5.50. The van der Waals surface area contributed by atoms with E-state index in [9.17, 15) is 4.79 Å². The van der Waals surface area contributed by atoms with Gasteiger partial charge in [-0.05, 0) is 36.5 Å².